The van der Waals surface area contributed by atoms with Crippen molar-refractivity contribution in [1.82, 2.24) is 0 Å². The summed E-state index contributed by atoms with van der Waals surface area (Å²) < 4.78 is 21.3. The molecule has 0 saturated heterocycles. The first-order valence-corrected chi connectivity index (χ1v) is 9.26. The van der Waals surface area contributed by atoms with E-state index < -0.39 is 23.3 Å². The van der Waals surface area contributed by atoms with Crippen molar-refractivity contribution in [3.05, 3.63) is 100 Å². The van der Waals surface area contributed by atoms with E-state index in [1.54, 1.807) is 60.7 Å². The van der Waals surface area contributed by atoms with Crippen LogP contribution in [0, 0.1) is 0 Å². The zero-order valence-electron chi connectivity index (χ0n) is 16.4. The van der Waals surface area contributed by atoms with Gasteiger partial charge >= 0.3 is 17.6 Å². The molecular formula is C24H16O7. The fourth-order valence-electron chi connectivity index (χ4n) is 2.90. The lowest BCUT2D eigenvalue weighted by Gasteiger charge is -2.12. The number of rotatable bonds is 5. The molecule has 4 aromatic rings. The lowest BCUT2D eigenvalue weighted by atomic mass is 10.2. The molecule has 0 aliphatic heterocycles. The average molecular weight is 416 g/mol. The summed E-state index contributed by atoms with van der Waals surface area (Å²) >= 11 is 0. The monoisotopic (exact) mass is 416 g/mol. The van der Waals surface area contributed by atoms with Crippen LogP contribution >= 0.6 is 0 Å². The highest BCUT2D eigenvalue weighted by Gasteiger charge is 2.24. The molecule has 0 N–H and O–H groups in total. The minimum Gasteiger partial charge on any atom is -0.497 e. The molecule has 0 aliphatic rings. The number of hydrogen-bond acceptors (Lipinski definition) is 7. The van der Waals surface area contributed by atoms with Crippen molar-refractivity contribution in [2.75, 3.05) is 7.11 Å². The van der Waals surface area contributed by atoms with Gasteiger partial charge in [0, 0.05) is 6.07 Å². The van der Waals surface area contributed by atoms with Crippen LogP contribution in [0.3, 0.4) is 0 Å². The largest absolute Gasteiger partial charge is 0.497 e. The molecule has 0 spiro atoms. The van der Waals surface area contributed by atoms with Gasteiger partial charge < -0.3 is 18.6 Å². The van der Waals surface area contributed by atoms with Crippen molar-refractivity contribution in [2.45, 2.75) is 0 Å². The van der Waals surface area contributed by atoms with Crippen LogP contribution in [0.5, 0.6) is 17.2 Å². The zero-order valence-corrected chi connectivity index (χ0v) is 16.4. The van der Waals surface area contributed by atoms with Gasteiger partial charge in [0.2, 0.25) is 0 Å². The summed E-state index contributed by atoms with van der Waals surface area (Å²) in [5, 5.41) is 0.264. The zero-order chi connectivity index (χ0) is 21.8. The summed E-state index contributed by atoms with van der Waals surface area (Å²) in [4.78, 5) is 37.9. The normalized spacial score (nSPS) is 10.5. The molecule has 154 valence electrons. The van der Waals surface area contributed by atoms with E-state index in [1.807, 2.05) is 0 Å². The van der Waals surface area contributed by atoms with Crippen LogP contribution in [0.15, 0.2) is 88.1 Å². The summed E-state index contributed by atoms with van der Waals surface area (Å²) in [7, 11) is 1.46. The maximum atomic E-state index is 12.7. The predicted octanol–water partition coefficient (Wildman–Crippen LogP) is 4.24. The Morgan fingerprint density at radius 3 is 1.84 bits per heavy atom. The summed E-state index contributed by atoms with van der Waals surface area (Å²) in [5.74, 6) is -1.81. The molecule has 0 fully saturated rings. The van der Waals surface area contributed by atoms with Gasteiger partial charge in [0.15, 0.2) is 5.75 Å². The minimum absolute atomic E-state index is 0.111. The number of carbonyl (C=O) groups excluding carboxylic acids is 2. The van der Waals surface area contributed by atoms with E-state index in [2.05, 4.69) is 0 Å². The molecule has 0 amide bonds. The van der Waals surface area contributed by atoms with E-state index in [0.717, 1.165) is 0 Å². The Morgan fingerprint density at radius 1 is 0.742 bits per heavy atom. The lowest BCUT2D eigenvalue weighted by molar-refractivity contribution is 0.0678. The third kappa shape index (κ3) is 4.16. The Balaban J connectivity index is 1.82. The van der Waals surface area contributed by atoms with E-state index in [-0.39, 0.29) is 27.8 Å². The molecule has 7 heteroatoms. The number of ether oxygens (including phenoxy) is 3. The van der Waals surface area contributed by atoms with Crippen molar-refractivity contribution in [3.63, 3.8) is 0 Å². The maximum Gasteiger partial charge on any atom is 0.383 e. The maximum absolute atomic E-state index is 12.7. The first-order chi connectivity index (χ1) is 15.1. The molecule has 3 aromatic carbocycles. The Morgan fingerprint density at radius 2 is 1.29 bits per heavy atom. The van der Waals surface area contributed by atoms with Crippen LogP contribution in [0.4, 0.5) is 0 Å². The van der Waals surface area contributed by atoms with E-state index in [0.29, 0.717) is 5.75 Å². The summed E-state index contributed by atoms with van der Waals surface area (Å²) in [6.45, 7) is 0. The number of fused-ring (bicyclic) bond motifs is 1. The molecule has 0 aliphatic carbocycles. The Labute approximate surface area is 176 Å². The van der Waals surface area contributed by atoms with Gasteiger partial charge in [-0.3, -0.25) is 0 Å². The van der Waals surface area contributed by atoms with Crippen molar-refractivity contribution in [1.29, 1.82) is 0 Å². The molecule has 1 heterocycles. The topological polar surface area (TPSA) is 92.0 Å². The second kappa shape index (κ2) is 8.54. The Kier molecular flexibility index (Phi) is 5.49. The van der Waals surface area contributed by atoms with Gasteiger partial charge in [-0.05, 0) is 36.4 Å². The molecule has 0 radical (unpaired) electrons. The molecule has 0 atom stereocenters. The SMILES string of the molecule is COc1ccc2c(OC(=O)c3ccccc3)c(OC(=O)c3ccccc3)c(=O)oc2c1. The van der Waals surface area contributed by atoms with Crippen molar-refractivity contribution in [3.8, 4) is 17.2 Å². The lowest BCUT2D eigenvalue weighted by Crippen LogP contribution is -2.18. The molecular weight excluding hydrogens is 400 g/mol. The van der Waals surface area contributed by atoms with Crippen LogP contribution in [0.25, 0.3) is 11.0 Å². The van der Waals surface area contributed by atoms with E-state index in [1.165, 1.54) is 25.3 Å². The van der Waals surface area contributed by atoms with Gasteiger partial charge in [-0.25, -0.2) is 14.4 Å². The third-order valence-electron chi connectivity index (χ3n) is 4.44. The quantitative estimate of drug-likeness (QED) is 0.355. The second-order valence-electron chi connectivity index (χ2n) is 6.42. The predicted molar refractivity (Wildman–Crippen MR) is 112 cm³/mol. The van der Waals surface area contributed by atoms with Gasteiger partial charge in [0.05, 0.1) is 23.6 Å². The van der Waals surface area contributed by atoms with Gasteiger partial charge in [-0.15, -0.1) is 0 Å². The van der Waals surface area contributed by atoms with Gasteiger partial charge in [-0.2, -0.15) is 0 Å². The molecule has 7 nitrogen and oxygen atoms in total. The molecule has 0 saturated carbocycles. The van der Waals surface area contributed by atoms with Crippen molar-refractivity contribution in [2.24, 2.45) is 0 Å². The fraction of sp³-hybridized carbons (Fsp3) is 0.0417. The minimum atomic E-state index is -0.971. The number of methoxy groups -OCH3 is 1. The smallest absolute Gasteiger partial charge is 0.383 e. The molecule has 31 heavy (non-hydrogen) atoms. The number of benzene rings is 3. The van der Waals surface area contributed by atoms with Crippen LogP contribution in [-0.4, -0.2) is 19.0 Å². The first-order valence-electron chi connectivity index (χ1n) is 9.26. The van der Waals surface area contributed by atoms with Crippen LogP contribution < -0.4 is 19.8 Å². The van der Waals surface area contributed by atoms with Crippen molar-refractivity contribution >= 4 is 22.9 Å². The standard InChI is InChI=1S/C24H16O7/c1-28-17-12-13-18-19(14-17)29-24(27)21(31-23(26)16-10-6-3-7-11-16)20(18)30-22(25)15-8-4-2-5-9-15/h2-14H,1H3. The molecule has 0 bridgehead atoms. The highest BCUT2D eigenvalue weighted by Crippen LogP contribution is 2.35. The molecule has 4 rings (SSSR count). The van der Waals surface area contributed by atoms with Crippen LogP contribution in [0.1, 0.15) is 20.7 Å². The summed E-state index contributed by atoms with van der Waals surface area (Å²) in [6, 6.07) is 21.0. The Bertz CT molecular complexity index is 1310. The first kappa shape index (κ1) is 19.9. The molecule has 0 unspecified atom stereocenters. The number of hydrogen-bond donors (Lipinski definition) is 0. The van der Waals surface area contributed by atoms with Crippen molar-refractivity contribution < 1.29 is 28.2 Å². The summed E-state index contributed by atoms with van der Waals surface area (Å²) in [5.41, 5.74) is -0.379. The van der Waals surface area contributed by atoms with E-state index >= 15 is 0 Å². The fourth-order valence-corrected chi connectivity index (χ4v) is 2.90. The highest BCUT2D eigenvalue weighted by atomic mass is 16.6. The highest BCUT2D eigenvalue weighted by molar-refractivity contribution is 5.97. The molecule has 1 aromatic heterocycles. The van der Waals surface area contributed by atoms with E-state index in [9.17, 15) is 14.4 Å². The second-order valence-corrected chi connectivity index (χ2v) is 6.42. The van der Waals surface area contributed by atoms with Crippen LogP contribution in [-0.2, 0) is 0 Å². The van der Waals surface area contributed by atoms with Gasteiger partial charge in [-0.1, -0.05) is 36.4 Å². The number of carbonyl (C=O) groups is 2. The van der Waals surface area contributed by atoms with Crippen LogP contribution in [0.2, 0.25) is 0 Å². The van der Waals surface area contributed by atoms with Gasteiger partial charge in [0.1, 0.15) is 11.3 Å². The Hall–Kier alpha value is -4.39. The number of esters is 2. The van der Waals surface area contributed by atoms with E-state index in [4.69, 9.17) is 18.6 Å². The van der Waals surface area contributed by atoms with Gasteiger partial charge in [0.25, 0.3) is 5.75 Å². The summed E-state index contributed by atoms with van der Waals surface area (Å²) in [6.07, 6.45) is 0. The third-order valence-corrected chi connectivity index (χ3v) is 4.44. The average Bonchev–Trinajstić information content (AvgIpc) is 2.81.